The van der Waals surface area contributed by atoms with Crippen molar-refractivity contribution in [3.8, 4) is 5.75 Å². The van der Waals surface area contributed by atoms with Gasteiger partial charge in [-0.15, -0.1) is 0 Å². The lowest BCUT2D eigenvalue weighted by Gasteiger charge is -2.07. The summed E-state index contributed by atoms with van der Waals surface area (Å²) in [5.41, 5.74) is 0.800. The van der Waals surface area contributed by atoms with Gasteiger partial charge in [-0.1, -0.05) is 30.9 Å². The first-order valence-electron chi connectivity index (χ1n) is 4.24. The maximum absolute atomic E-state index is 10.7. The molecule has 0 N–H and O–H groups in total. The second-order valence-electron chi connectivity index (χ2n) is 2.74. The monoisotopic (exact) mass is 210 g/mol. The summed E-state index contributed by atoms with van der Waals surface area (Å²) in [6.07, 6.45) is 1.84. The molecule has 0 aliphatic carbocycles. The molecule has 74 valence electrons. The summed E-state index contributed by atoms with van der Waals surface area (Å²) in [5.74, 6) is 0.682. The van der Waals surface area contributed by atoms with Crippen LogP contribution in [0.25, 0.3) is 0 Å². The van der Waals surface area contributed by atoms with Crippen molar-refractivity contribution in [3.05, 3.63) is 42.5 Å². The quantitative estimate of drug-likeness (QED) is 0.552. The first-order valence-corrected chi connectivity index (χ1v) is 4.61. The van der Waals surface area contributed by atoms with E-state index in [1.165, 1.54) is 0 Å². The van der Waals surface area contributed by atoms with E-state index in [9.17, 15) is 4.79 Å². The predicted octanol–water partition coefficient (Wildman–Crippen LogP) is 2.56. The Morgan fingerprint density at radius 2 is 2.21 bits per heavy atom. The molecule has 0 aliphatic rings. The molecule has 0 atom stereocenters. The third-order valence-electron chi connectivity index (χ3n) is 1.66. The van der Waals surface area contributed by atoms with E-state index in [1.807, 2.05) is 18.2 Å². The van der Waals surface area contributed by atoms with Crippen molar-refractivity contribution in [2.75, 3.05) is 6.61 Å². The normalized spacial score (nSPS) is 9.50. The van der Waals surface area contributed by atoms with E-state index in [-0.39, 0.29) is 11.7 Å². The summed E-state index contributed by atoms with van der Waals surface area (Å²) in [6.45, 7) is 3.97. The van der Waals surface area contributed by atoms with Gasteiger partial charge in [-0.3, -0.25) is 4.79 Å². The van der Waals surface area contributed by atoms with E-state index in [0.29, 0.717) is 12.4 Å². The highest BCUT2D eigenvalue weighted by Crippen LogP contribution is 2.19. The van der Waals surface area contributed by atoms with Crippen LogP contribution in [0.4, 0.5) is 0 Å². The van der Waals surface area contributed by atoms with Crippen LogP contribution < -0.4 is 4.74 Å². The van der Waals surface area contributed by atoms with Crippen LogP contribution in [0.2, 0.25) is 0 Å². The summed E-state index contributed by atoms with van der Waals surface area (Å²) in [4.78, 5) is 10.7. The topological polar surface area (TPSA) is 26.3 Å². The lowest BCUT2D eigenvalue weighted by atomic mass is 10.1. The molecule has 3 heteroatoms. The zero-order valence-electron chi connectivity index (χ0n) is 7.70. The molecule has 1 aromatic carbocycles. The molecule has 0 unspecified atom stereocenters. The molecule has 0 spiro atoms. The maximum atomic E-state index is 10.7. The lowest BCUT2D eigenvalue weighted by Crippen LogP contribution is -2.00. The van der Waals surface area contributed by atoms with Crippen LogP contribution in [0.1, 0.15) is 5.56 Å². The minimum absolute atomic E-state index is 0.189. The van der Waals surface area contributed by atoms with E-state index in [0.717, 1.165) is 5.56 Å². The van der Waals surface area contributed by atoms with Gasteiger partial charge in [0.1, 0.15) is 12.4 Å². The maximum Gasteiger partial charge on any atom is 0.226 e. The number of halogens is 1. The van der Waals surface area contributed by atoms with Gasteiger partial charge in [-0.2, -0.15) is 0 Å². The molecule has 14 heavy (non-hydrogen) atoms. The van der Waals surface area contributed by atoms with E-state index in [1.54, 1.807) is 12.1 Å². The molecule has 1 aromatic rings. The van der Waals surface area contributed by atoms with Gasteiger partial charge in [-0.25, -0.2) is 0 Å². The van der Waals surface area contributed by atoms with Gasteiger partial charge >= 0.3 is 0 Å². The fraction of sp³-hybridized carbons (Fsp3) is 0.182. The number of para-hydroxylation sites is 1. The van der Waals surface area contributed by atoms with Gasteiger partial charge in [0, 0.05) is 5.56 Å². The van der Waals surface area contributed by atoms with Crippen LogP contribution in [-0.4, -0.2) is 11.8 Å². The number of benzene rings is 1. The van der Waals surface area contributed by atoms with Crippen LogP contribution in [-0.2, 0) is 11.2 Å². The first-order chi connectivity index (χ1) is 6.74. The van der Waals surface area contributed by atoms with Gasteiger partial charge in [0.15, 0.2) is 0 Å². The van der Waals surface area contributed by atoms with Crippen LogP contribution in [0.15, 0.2) is 36.9 Å². The van der Waals surface area contributed by atoms with E-state index < -0.39 is 0 Å². The van der Waals surface area contributed by atoms with E-state index in [2.05, 4.69) is 6.58 Å². The Morgan fingerprint density at radius 3 is 2.86 bits per heavy atom. The predicted molar refractivity (Wildman–Crippen MR) is 56.7 cm³/mol. The molecule has 0 aliphatic heterocycles. The van der Waals surface area contributed by atoms with Gasteiger partial charge in [0.2, 0.25) is 5.24 Å². The molecule has 0 radical (unpaired) electrons. The van der Waals surface area contributed by atoms with Crippen molar-refractivity contribution < 1.29 is 9.53 Å². The zero-order chi connectivity index (χ0) is 10.4. The average Bonchev–Trinajstić information content (AvgIpc) is 2.16. The molecule has 0 bridgehead atoms. The van der Waals surface area contributed by atoms with E-state index in [4.69, 9.17) is 16.3 Å². The number of hydrogen-bond donors (Lipinski definition) is 0. The Bertz CT molecular complexity index is 334. The lowest BCUT2D eigenvalue weighted by molar-refractivity contribution is -0.111. The first kappa shape index (κ1) is 10.8. The van der Waals surface area contributed by atoms with Crippen molar-refractivity contribution in [3.63, 3.8) is 0 Å². The van der Waals surface area contributed by atoms with Crippen molar-refractivity contribution >= 4 is 16.8 Å². The largest absolute Gasteiger partial charge is 0.489 e. The Kier molecular flexibility index (Phi) is 4.20. The number of carbonyl (C=O) groups is 1. The number of hydrogen-bond acceptors (Lipinski definition) is 2. The van der Waals surface area contributed by atoms with Crippen LogP contribution in [0, 0.1) is 0 Å². The third kappa shape index (κ3) is 3.23. The molecule has 1 rings (SSSR count). The molecule has 0 fully saturated rings. The van der Waals surface area contributed by atoms with Gasteiger partial charge < -0.3 is 4.74 Å². The average molecular weight is 211 g/mol. The Hall–Kier alpha value is -1.28. The fourth-order valence-electron chi connectivity index (χ4n) is 1.09. The third-order valence-corrected chi connectivity index (χ3v) is 1.79. The van der Waals surface area contributed by atoms with Gasteiger partial charge in [-0.05, 0) is 17.7 Å². The Balaban J connectivity index is 2.79. The molecule has 0 amide bonds. The second-order valence-corrected chi connectivity index (χ2v) is 3.16. The van der Waals surface area contributed by atoms with Crippen LogP contribution in [0.3, 0.4) is 0 Å². The molecular formula is C11H11ClO2. The van der Waals surface area contributed by atoms with E-state index >= 15 is 0 Å². The SMILES string of the molecule is C=CCOc1ccccc1CC(=O)Cl. The van der Waals surface area contributed by atoms with Crippen LogP contribution >= 0.6 is 11.6 Å². The van der Waals surface area contributed by atoms with Gasteiger partial charge in [0.25, 0.3) is 0 Å². The van der Waals surface area contributed by atoms with Crippen molar-refractivity contribution in [1.29, 1.82) is 0 Å². The second kappa shape index (κ2) is 5.45. The molecule has 0 saturated heterocycles. The molecule has 0 heterocycles. The Morgan fingerprint density at radius 1 is 1.50 bits per heavy atom. The molecule has 0 saturated carbocycles. The summed E-state index contributed by atoms with van der Waals surface area (Å²) in [7, 11) is 0. The number of rotatable bonds is 5. The smallest absolute Gasteiger partial charge is 0.226 e. The van der Waals surface area contributed by atoms with Crippen molar-refractivity contribution in [2.45, 2.75) is 6.42 Å². The number of ether oxygens (including phenoxy) is 1. The minimum atomic E-state index is -0.389. The fourth-order valence-corrected chi connectivity index (χ4v) is 1.23. The summed E-state index contributed by atoms with van der Waals surface area (Å²) in [6, 6.07) is 7.31. The highest BCUT2D eigenvalue weighted by atomic mass is 35.5. The zero-order valence-corrected chi connectivity index (χ0v) is 8.46. The summed E-state index contributed by atoms with van der Waals surface area (Å²) in [5, 5.41) is -0.389. The Labute approximate surface area is 88.1 Å². The van der Waals surface area contributed by atoms with Crippen LogP contribution in [0.5, 0.6) is 5.75 Å². The summed E-state index contributed by atoms with van der Waals surface area (Å²) < 4.78 is 5.36. The van der Waals surface area contributed by atoms with Gasteiger partial charge in [0.05, 0.1) is 6.42 Å². The molecule has 0 aromatic heterocycles. The highest BCUT2D eigenvalue weighted by Gasteiger charge is 2.05. The highest BCUT2D eigenvalue weighted by molar-refractivity contribution is 6.63. The van der Waals surface area contributed by atoms with Crippen molar-refractivity contribution in [2.24, 2.45) is 0 Å². The number of carbonyl (C=O) groups excluding carboxylic acids is 1. The van der Waals surface area contributed by atoms with Crippen molar-refractivity contribution in [1.82, 2.24) is 0 Å². The molecular weight excluding hydrogens is 200 g/mol. The summed E-state index contributed by atoms with van der Waals surface area (Å²) >= 11 is 5.30. The minimum Gasteiger partial charge on any atom is -0.489 e. The molecule has 2 nitrogen and oxygen atoms in total. The standard InChI is InChI=1S/C11H11ClO2/c1-2-7-14-10-6-4-3-5-9(10)8-11(12)13/h2-6H,1,7-8H2.